The van der Waals surface area contributed by atoms with Crippen LogP contribution in [0.5, 0.6) is 0 Å². The zero-order chi connectivity index (χ0) is 31.0. The number of anilines is 2. The van der Waals surface area contributed by atoms with Crippen molar-refractivity contribution < 1.29 is 14.4 Å². The smallest absolute Gasteiger partial charge is 0.247 e. The lowest BCUT2D eigenvalue weighted by Crippen LogP contribution is -2.60. The van der Waals surface area contributed by atoms with Crippen LogP contribution in [0.1, 0.15) is 11.3 Å². The Kier molecular flexibility index (Phi) is 7.69. The molecular formula is C29H22Cl2N10O3. The number of nitrogens with one attached hydrogen (secondary N) is 1. The van der Waals surface area contributed by atoms with E-state index < -0.39 is 23.8 Å². The first-order valence-electron chi connectivity index (χ1n) is 13.3. The van der Waals surface area contributed by atoms with Gasteiger partial charge in [0.05, 0.1) is 23.1 Å². The van der Waals surface area contributed by atoms with E-state index >= 15 is 0 Å². The minimum Gasteiger partial charge on any atom is -0.324 e. The molecule has 1 fully saturated rings. The van der Waals surface area contributed by atoms with E-state index in [0.29, 0.717) is 27.6 Å². The lowest BCUT2D eigenvalue weighted by molar-refractivity contribution is -0.143. The zero-order valence-electron chi connectivity index (χ0n) is 23.1. The number of aromatic nitrogens is 6. The number of amides is 3. The van der Waals surface area contributed by atoms with Gasteiger partial charge in [-0.05, 0) is 48.0 Å². The summed E-state index contributed by atoms with van der Waals surface area (Å²) in [4.78, 5) is 47.8. The van der Waals surface area contributed by atoms with Crippen molar-refractivity contribution in [1.29, 1.82) is 5.26 Å². The van der Waals surface area contributed by atoms with E-state index in [0.717, 1.165) is 10.9 Å². The highest BCUT2D eigenvalue weighted by Crippen LogP contribution is 2.30. The number of carbonyl (C=O) groups excluding carboxylic acids is 3. The van der Waals surface area contributed by atoms with Crippen LogP contribution in [-0.2, 0) is 27.9 Å². The first-order valence-corrected chi connectivity index (χ1v) is 14.0. The SMILES string of the molecule is Cn1cc2cc(NC(=O)C(Cc3ccc(C#N)nc3)N3CC(=O)N(c4cc(Cl)ccc4-n4cc(Cl)nn4)CC3=O)ccc2n1. The summed E-state index contributed by atoms with van der Waals surface area (Å²) in [6.45, 7) is -0.738. The van der Waals surface area contributed by atoms with Gasteiger partial charge in [-0.15, -0.1) is 5.10 Å². The van der Waals surface area contributed by atoms with Crippen molar-refractivity contribution in [3.8, 4) is 11.8 Å². The zero-order valence-corrected chi connectivity index (χ0v) is 24.6. The molecule has 2 aromatic carbocycles. The van der Waals surface area contributed by atoms with Crippen LogP contribution < -0.4 is 10.2 Å². The second kappa shape index (κ2) is 11.8. The normalized spacial score (nSPS) is 14.1. The molecule has 3 aromatic heterocycles. The molecule has 1 aliphatic rings. The van der Waals surface area contributed by atoms with Gasteiger partial charge >= 0.3 is 0 Å². The van der Waals surface area contributed by atoms with Crippen molar-refractivity contribution in [3.63, 3.8) is 0 Å². The molecule has 0 aliphatic carbocycles. The number of piperazine rings is 1. The number of fused-ring (bicyclic) bond motifs is 1. The third-order valence-electron chi connectivity index (χ3n) is 7.09. The second-order valence-electron chi connectivity index (χ2n) is 10.1. The minimum absolute atomic E-state index is 0.0541. The van der Waals surface area contributed by atoms with Gasteiger partial charge in [0.15, 0.2) is 5.15 Å². The number of nitriles is 1. The predicted molar refractivity (Wildman–Crippen MR) is 161 cm³/mol. The third kappa shape index (κ3) is 5.81. The van der Waals surface area contributed by atoms with Gasteiger partial charge in [0.1, 0.15) is 30.9 Å². The Morgan fingerprint density at radius 2 is 1.89 bits per heavy atom. The summed E-state index contributed by atoms with van der Waals surface area (Å²) in [6, 6.07) is 14.2. The van der Waals surface area contributed by atoms with E-state index in [-0.39, 0.29) is 30.4 Å². The molecule has 6 rings (SSSR count). The summed E-state index contributed by atoms with van der Waals surface area (Å²) in [5, 5.41) is 25.4. The predicted octanol–water partition coefficient (Wildman–Crippen LogP) is 3.15. The Hall–Kier alpha value is -5.32. The average molecular weight is 629 g/mol. The van der Waals surface area contributed by atoms with Crippen LogP contribution in [0.4, 0.5) is 11.4 Å². The van der Waals surface area contributed by atoms with Crippen LogP contribution in [0.2, 0.25) is 10.2 Å². The molecule has 5 aromatic rings. The Labute approximate surface area is 260 Å². The summed E-state index contributed by atoms with van der Waals surface area (Å²) in [6.07, 6.45) is 4.82. The first-order chi connectivity index (χ1) is 21.2. The lowest BCUT2D eigenvalue weighted by atomic mass is 10.0. The number of pyridine rings is 1. The fourth-order valence-electron chi connectivity index (χ4n) is 5.04. The summed E-state index contributed by atoms with van der Waals surface area (Å²) in [7, 11) is 1.80. The second-order valence-corrected chi connectivity index (χ2v) is 10.9. The molecule has 1 atom stereocenters. The molecule has 0 bridgehead atoms. The van der Waals surface area contributed by atoms with Gasteiger partial charge in [0.25, 0.3) is 0 Å². The molecule has 0 spiro atoms. The van der Waals surface area contributed by atoms with Crippen molar-refractivity contribution in [1.82, 2.24) is 34.7 Å². The molecule has 13 nitrogen and oxygen atoms in total. The molecule has 44 heavy (non-hydrogen) atoms. The molecule has 0 saturated carbocycles. The van der Waals surface area contributed by atoms with Crippen molar-refractivity contribution in [2.24, 2.45) is 7.05 Å². The minimum atomic E-state index is -1.07. The van der Waals surface area contributed by atoms with Crippen molar-refractivity contribution in [2.45, 2.75) is 12.5 Å². The van der Waals surface area contributed by atoms with E-state index in [4.69, 9.17) is 28.5 Å². The molecule has 0 radical (unpaired) electrons. The van der Waals surface area contributed by atoms with Gasteiger partial charge in [-0.1, -0.05) is 34.5 Å². The molecule has 1 N–H and O–H groups in total. The number of rotatable bonds is 7. The van der Waals surface area contributed by atoms with Crippen molar-refractivity contribution in [2.75, 3.05) is 23.3 Å². The number of aryl methyl sites for hydroxylation is 1. The molecule has 1 unspecified atom stereocenters. The largest absolute Gasteiger partial charge is 0.324 e. The first kappa shape index (κ1) is 28.8. The maximum atomic E-state index is 13.8. The molecule has 4 heterocycles. The third-order valence-corrected chi connectivity index (χ3v) is 7.50. The van der Waals surface area contributed by atoms with Crippen LogP contribution >= 0.6 is 23.2 Å². The van der Waals surface area contributed by atoms with E-state index in [9.17, 15) is 14.4 Å². The molecule has 1 aliphatic heterocycles. The van der Waals surface area contributed by atoms with E-state index in [2.05, 4.69) is 25.7 Å². The molecule has 3 amide bonds. The highest BCUT2D eigenvalue weighted by molar-refractivity contribution is 6.31. The summed E-state index contributed by atoms with van der Waals surface area (Å²) in [5.41, 5.74) is 2.86. The van der Waals surface area contributed by atoms with Gasteiger partial charge in [0, 0.05) is 42.0 Å². The maximum Gasteiger partial charge on any atom is 0.247 e. The van der Waals surface area contributed by atoms with Crippen LogP contribution in [-0.4, -0.2) is 71.5 Å². The van der Waals surface area contributed by atoms with E-state index in [1.54, 1.807) is 54.2 Å². The van der Waals surface area contributed by atoms with Gasteiger partial charge < -0.3 is 10.2 Å². The highest BCUT2D eigenvalue weighted by atomic mass is 35.5. The Balaban J connectivity index is 1.30. The molecule has 220 valence electrons. The molecule has 15 heteroatoms. The van der Waals surface area contributed by atoms with E-state index in [1.807, 2.05) is 12.3 Å². The van der Waals surface area contributed by atoms with E-state index in [1.165, 1.54) is 32.9 Å². The number of benzene rings is 2. The van der Waals surface area contributed by atoms with Gasteiger partial charge in [-0.3, -0.25) is 24.0 Å². The van der Waals surface area contributed by atoms with Crippen LogP contribution in [0.3, 0.4) is 0 Å². The van der Waals surface area contributed by atoms with Gasteiger partial charge in [-0.25, -0.2) is 9.67 Å². The fraction of sp³-hybridized carbons (Fsp3) is 0.172. The van der Waals surface area contributed by atoms with Gasteiger partial charge in [-0.2, -0.15) is 10.4 Å². The van der Waals surface area contributed by atoms with Crippen LogP contribution in [0.25, 0.3) is 16.6 Å². The number of hydrogen-bond donors (Lipinski definition) is 1. The standard InChI is InChI=1S/C29H22Cl2N10O3/c1-38-13-18-9-20(5-6-22(18)36-38)34-29(44)25(8-17-2-4-21(11-32)33-12-17)40-16-27(42)39(15-28(40)43)24-10-19(30)3-7-23(24)41-14-26(31)35-37-41/h2-7,9-10,12-14,25H,8,15-16H2,1H3,(H,34,44). The lowest BCUT2D eigenvalue weighted by Gasteiger charge is -2.38. The average Bonchev–Trinajstić information content (AvgIpc) is 3.61. The number of nitrogens with zero attached hydrogens (tertiary/aromatic N) is 9. The summed E-state index contributed by atoms with van der Waals surface area (Å²) >= 11 is 12.2. The van der Waals surface area contributed by atoms with Crippen molar-refractivity contribution >= 4 is 63.2 Å². The summed E-state index contributed by atoms with van der Waals surface area (Å²) in [5.74, 6) is -1.39. The number of hydrogen-bond acceptors (Lipinski definition) is 8. The summed E-state index contributed by atoms with van der Waals surface area (Å²) < 4.78 is 3.05. The highest BCUT2D eigenvalue weighted by Gasteiger charge is 2.39. The van der Waals surface area contributed by atoms with Crippen LogP contribution in [0.15, 0.2) is 67.1 Å². The monoisotopic (exact) mass is 628 g/mol. The Morgan fingerprint density at radius 3 is 2.61 bits per heavy atom. The quantitative estimate of drug-likeness (QED) is 0.288. The molecular weight excluding hydrogens is 607 g/mol. The fourth-order valence-corrected chi connectivity index (χ4v) is 5.33. The van der Waals surface area contributed by atoms with Crippen molar-refractivity contribution in [3.05, 3.63) is 88.6 Å². The maximum absolute atomic E-state index is 13.8. The number of carbonyl (C=O) groups is 3. The van der Waals surface area contributed by atoms with Gasteiger partial charge in [0.2, 0.25) is 17.7 Å². The Morgan fingerprint density at radius 1 is 1.05 bits per heavy atom. The molecule has 1 saturated heterocycles. The number of halogens is 2. The topological polar surface area (TPSA) is 155 Å². The Bertz CT molecular complexity index is 1960. The van der Waals surface area contributed by atoms with Crippen LogP contribution in [0, 0.1) is 11.3 Å².